The van der Waals surface area contributed by atoms with Gasteiger partial charge in [0.25, 0.3) is 0 Å². The molecule has 2 aromatic carbocycles. The standard InChI is InChI=1S/C27H31N3O4S/c1-19-5-9-22(10-6-19)11-14-25-26(21(3)28-34-25)35(32,33)30-17-15-23(16-18-30)27(31)29(4)24-12-7-20(2)8-13-24/h5-14,23H,15-18H2,1-4H3. The molecule has 0 spiro atoms. The van der Waals surface area contributed by atoms with Gasteiger partial charge >= 0.3 is 0 Å². The fraction of sp³-hybridized carbons (Fsp3) is 0.333. The molecule has 7 nitrogen and oxygen atoms in total. The second kappa shape index (κ2) is 10.2. The largest absolute Gasteiger partial charge is 0.355 e. The highest BCUT2D eigenvalue weighted by Crippen LogP contribution is 2.30. The van der Waals surface area contributed by atoms with Crippen LogP contribution >= 0.6 is 0 Å². The maximum absolute atomic E-state index is 13.5. The van der Waals surface area contributed by atoms with Crippen molar-refractivity contribution in [1.82, 2.24) is 9.46 Å². The number of aromatic nitrogens is 1. The maximum Gasteiger partial charge on any atom is 0.248 e. The fourth-order valence-corrected chi connectivity index (χ4v) is 6.01. The van der Waals surface area contributed by atoms with E-state index in [9.17, 15) is 13.2 Å². The van der Waals surface area contributed by atoms with Crippen LogP contribution < -0.4 is 4.90 Å². The van der Waals surface area contributed by atoms with Gasteiger partial charge < -0.3 is 9.42 Å². The summed E-state index contributed by atoms with van der Waals surface area (Å²) in [5.41, 5.74) is 4.37. The zero-order valence-electron chi connectivity index (χ0n) is 20.6. The highest BCUT2D eigenvalue weighted by molar-refractivity contribution is 7.89. The summed E-state index contributed by atoms with van der Waals surface area (Å²) in [5, 5.41) is 3.92. The van der Waals surface area contributed by atoms with Crippen LogP contribution in [0, 0.1) is 26.7 Å². The van der Waals surface area contributed by atoms with Gasteiger partial charge in [-0.1, -0.05) is 58.8 Å². The van der Waals surface area contributed by atoms with Crippen LogP contribution in [0.1, 0.15) is 41.0 Å². The van der Waals surface area contributed by atoms with Gasteiger partial charge in [-0.15, -0.1) is 0 Å². The van der Waals surface area contributed by atoms with Crippen LogP contribution in [0.5, 0.6) is 0 Å². The Balaban J connectivity index is 1.46. The number of carbonyl (C=O) groups excluding carboxylic acids is 1. The Kier molecular flexibility index (Phi) is 7.23. The minimum atomic E-state index is -3.82. The van der Waals surface area contributed by atoms with Crippen molar-refractivity contribution >= 4 is 33.8 Å². The van der Waals surface area contributed by atoms with Gasteiger partial charge in [-0.25, -0.2) is 8.42 Å². The number of aryl methyl sites for hydroxylation is 3. The first-order valence-electron chi connectivity index (χ1n) is 11.7. The second-order valence-corrected chi connectivity index (χ2v) is 11.0. The third kappa shape index (κ3) is 5.39. The first-order valence-corrected chi connectivity index (χ1v) is 13.2. The molecule has 1 aliphatic heterocycles. The summed E-state index contributed by atoms with van der Waals surface area (Å²) in [6, 6.07) is 15.7. The number of hydrogen-bond donors (Lipinski definition) is 0. The number of hydrogen-bond acceptors (Lipinski definition) is 5. The molecule has 0 unspecified atom stereocenters. The Hall–Kier alpha value is -3.23. The predicted octanol–water partition coefficient (Wildman–Crippen LogP) is 4.83. The highest BCUT2D eigenvalue weighted by atomic mass is 32.2. The molecule has 35 heavy (non-hydrogen) atoms. The Labute approximate surface area is 207 Å². The molecule has 1 saturated heterocycles. The highest BCUT2D eigenvalue weighted by Gasteiger charge is 2.36. The molecule has 0 aliphatic carbocycles. The minimum Gasteiger partial charge on any atom is -0.355 e. The molecule has 1 fully saturated rings. The van der Waals surface area contributed by atoms with Gasteiger partial charge in [0.15, 0.2) is 10.7 Å². The van der Waals surface area contributed by atoms with Crippen LogP contribution in [-0.4, -0.2) is 43.9 Å². The lowest BCUT2D eigenvalue weighted by Crippen LogP contribution is -2.43. The number of piperidine rings is 1. The first kappa shape index (κ1) is 24.9. The van der Waals surface area contributed by atoms with E-state index in [2.05, 4.69) is 5.16 Å². The summed E-state index contributed by atoms with van der Waals surface area (Å²) in [4.78, 5) is 14.8. The molecule has 2 heterocycles. The molecule has 0 atom stereocenters. The molecule has 1 aromatic heterocycles. The Morgan fingerprint density at radius 1 is 0.971 bits per heavy atom. The Morgan fingerprint density at radius 2 is 1.54 bits per heavy atom. The van der Waals surface area contributed by atoms with Crippen molar-refractivity contribution in [2.45, 2.75) is 38.5 Å². The van der Waals surface area contributed by atoms with Crippen molar-refractivity contribution in [3.8, 4) is 0 Å². The summed E-state index contributed by atoms with van der Waals surface area (Å²) < 4.78 is 33.8. The average molecular weight is 494 g/mol. The zero-order valence-corrected chi connectivity index (χ0v) is 21.4. The molecule has 8 heteroatoms. The van der Waals surface area contributed by atoms with Crippen LogP contribution in [0.3, 0.4) is 0 Å². The van der Waals surface area contributed by atoms with Gasteiger partial charge in [-0.2, -0.15) is 4.31 Å². The molecule has 0 N–H and O–H groups in total. The lowest BCUT2D eigenvalue weighted by molar-refractivity contribution is -0.123. The molecular formula is C27H31N3O4S. The van der Waals surface area contributed by atoms with E-state index in [0.29, 0.717) is 18.5 Å². The molecule has 0 bridgehead atoms. The van der Waals surface area contributed by atoms with E-state index in [1.807, 2.05) is 68.5 Å². The van der Waals surface area contributed by atoms with Crippen molar-refractivity contribution in [1.29, 1.82) is 0 Å². The van der Waals surface area contributed by atoms with Crippen molar-refractivity contribution in [2.24, 2.45) is 5.92 Å². The quantitative estimate of drug-likeness (QED) is 0.491. The van der Waals surface area contributed by atoms with E-state index in [4.69, 9.17) is 4.52 Å². The number of amides is 1. The van der Waals surface area contributed by atoms with Crippen LogP contribution in [0.25, 0.3) is 12.2 Å². The molecule has 4 rings (SSSR count). The third-order valence-corrected chi connectivity index (χ3v) is 8.55. The van der Waals surface area contributed by atoms with Gasteiger partial charge in [0.2, 0.25) is 15.9 Å². The van der Waals surface area contributed by atoms with Crippen LogP contribution in [0.4, 0.5) is 5.69 Å². The van der Waals surface area contributed by atoms with Crippen molar-refractivity contribution < 1.29 is 17.7 Å². The van der Waals surface area contributed by atoms with E-state index < -0.39 is 10.0 Å². The van der Waals surface area contributed by atoms with Crippen LogP contribution in [0.15, 0.2) is 57.9 Å². The van der Waals surface area contributed by atoms with Gasteiger partial charge in [0.05, 0.1) is 0 Å². The summed E-state index contributed by atoms with van der Waals surface area (Å²) in [7, 11) is -2.05. The fourth-order valence-electron chi connectivity index (χ4n) is 4.29. The molecule has 0 radical (unpaired) electrons. The van der Waals surface area contributed by atoms with Gasteiger partial charge in [0, 0.05) is 31.7 Å². The van der Waals surface area contributed by atoms with Gasteiger partial charge in [-0.05, 0) is 57.4 Å². The number of carbonyl (C=O) groups is 1. The van der Waals surface area contributed by atoms with E-state index in [1.165, 1.54) is 4.31 Å². The Morgan fingerprint density at radius 3 is 2.14 bits per heavy atom. The zero-order chi connectivity index (χ0) is 25.2. The lowest BCUT2D eigenvalue weighted by Gasteiger charge is -2.32. The van der Waals surface area contributed by atoms with Crippen molar-refractivity contribution in [3.63, 3.8) is 0 Å². The minimum absolute atomic E-state index is 0.00813. The first-order chi connectivity index (χ1) is 16.7. The topological polar surface area (TPSA) is 83.7 Å². The summed E-state index contributed by atoms with van der Waals surface area (Å²) in [5.74, 6) is -0.00797. The van der Waals surface area contributed by atoms with E-state index in [1.54, 1.807) is 24.9 Å². The molecule has 184 valence electrons. The molecule has 3 aromatic rings. The monoisotopic (exact) mass is 493 g/mol. The average Bonchev–Trinajstić information content (AvgIpc) is 3.24. The molecule has 1 aliphatic rings. The summed E-state index contributed by atoms with van der Waals surface area (Å²) in [6.07, 6.45) is 4.38. The summed E-state index contributed by atoms with van der Waals surface area (Å²) >= 11 is 0. The number of nitrogens with zero attached hydrogens (tertiary/aromatic N) is 3. The number of sulfonamides is 1. The Bertz CT molecular complexity index is 1320. The van der Waals surface area contributed by atoms with Gasteiger partial charge in [-0.3, -0.25) is 4.79 Å². The SMILES string of the molecule is Cc1ccc(C=Cc2onc(C)c2S(=O)(=O)N2CCC(C(=O)N(C)c3ccc(C)cc3)CC2)cc1. The van der Waals surface area contributed by atoms with Crippen LogP contribution in [0.2, 0.25) is 0 Å². The summed E-state index contributed by atoms with van der Waals surface area (Å²) in [6.45, 7) is 6.18. The van der Waals surface area contributed by atoms with Gasteiger partial charge in [0.1, 0.15) is 5.69 Å². The normalized spacial score (nSPS) is 15.5. The maximum atomic E-state index is 13.5. The lowest BCUT2D eigenvalue weighted by atomic mass is 9.96. The van der Waals surface area contributed by atoms with Crippen molar-refractivity contribution in [2.75, 3.05) is 25.0 Å². The van der Waals surface area contributed by atoms with Crippen LogP contribution in [-0.2, 0) is 14.8 Å². The number of benzene rings is 2. The van der Waals surface area contributed by atoms with E-state index >= 15 is 0 Å². The number of rotatable bonds is 6. The third-order valence-electron chi connectivity index (χ3n) is 6.49. The van der Waals surface area contributed by atoms with Crippen molar-refractivity contribution in [3.05, 3.63) is 76.7 Å². The number of anilines is 1. The second-order valence-electron chi connectivity index (χ2n) is 9.12. The smallest absolute Gasteiger partial charge is 0.248 e. The molecular weight excluding hydrogens is 462 g/mol. The predicted molar refractivity (Wildman–Crippen MR) is 137 cm³/mol. The van der Waals surface area contributed by atoms with E-state index in [0.717, 1.165) is 22.4 Å². The molecule has 0 saturated carbocycles. The van der Waals surface area contributed by atoms with E-state index in [-0.39, 0.29) is 35.6 Å². The molecule has 1 amide bonds.